The number of hydrogen-bond donors (Lipinski definition) is 2. The molecule has 0 spiro atoms. The van der Waals surface area contributed by atoms with Crippen LogP contribution in [0.4, 0.5) is 16.4 Å². The minimum Gasteiger partial charge on any atom is -0.396 e. The van der Waals surface area contributed by atoms with Crippen LogP contribution < -0.4 is 11.1 Å². The summed E-state index contributed by atoms with van der Waals surface area (Å²) in [5.41, 5.74) is 9.36. The summed E-state index contributed by atoms with van der Waals surface area (Å²) in [4.78, 5) is 13.4. The molecule has 0 bridgehead atoms. The smallest absolute Gasteiger partial charge is 0.211 e. The lowest BCUT2D eigenvalue weighted by Gasteiger charge is -2.11. The Morgan fingerprint density at radius 3 is 2.27 bits per heavy atom. The van der Waals surface area contributed by atoms with Crippen LogP contribution in [0.25, 0.3) is 0 Å². The monoisotopic (exact) mass is 496 g/mol. The molecule has 1 heterocycles. The Labute approximate surface area is 201 Å². The Balaban J connectivity index is 1.90. The highest BCUT2D eigenvalue weighted by molar-refractivity contribution is 7.92. The predicted octanol–water partition coefficient (Wildman–Crippen LogP) is 6.41. The number of hydrogen-bond acceptors (Lipinski definition) is 6. The van der Waals surface area contributed by atoms with Crippen molar-refractivity contribution in [3.63, 3.8) is 0 Å². The molecule has 3 aromatic carbocycles. The third kappa shape index (κ3) is 4.39. The van der Waals surface area contributed by atoms with Crippen molar-refractivity contribution in [2.75, 3.05) is 11.1 Å². The summed E-state index contributed by atoms with van der Waals surface area (Å²) in [5, 5.41) is 3.72. The van der Waals surface area contributed by atoms with Gasteiger partial charge >= 0.3 is 0 Å². The molecule has 168 valence electrons. The Hall–Kier alpha value is -3.13. The number of aryl methyl sites for hydroxylation is 2. The van der Waals surface area contributed by atoms with E-state index in [1.165, 1.54) is 12.1 Å². The fourth-order valence-corrected chi connectivity index (χ4v) is 6.55. The van der Waals surface area contributed by atoms with Crippen LogP contribution in [0, 0.1) is 13.8 Å². The van der Waals surface area contributed by atoms with E-state index in [4.69, 9.17) is 17.3 Å². The standard InChI is InChI=1S/C25H21ClN2O3S2/c1-15-12-13-17(14-16(15)2)28-25-24(33(30,31)18-8-4-3-5-9-18)21(27)23(32-25)22(29)19-10-6-7-11-20(19)26/h3-14,28H,27H2,1-2H3. The number of carbonyl (C=O) groups is 1. The van der Waals surface area contributed by atoms with Gasteiger partial charge < -0.3 is 11.1 Å². The Kier molecular flexibility index (Phi) is 6.30. The first-order valence-corrected chi connectivity index (χ1v) is 12.7. The van der Waals surface area contributed by atoms with E-state index in [0.717, 1.165) is 22.5 Å². The van der Waals surface area contributed by atoms with Crippen LogP contribution in [0.1, 0.15) is 26.4 Å². The van der Waals surface area contributed by atoms with Crippen molar-refractivity contribution < 1.29 is 13.2 Å². The van der Waals surface area contributed by atoms with Gasteiger partial charge in [0.15, 0.2) is 0 Å². The van der Waals surface area contributed by atoms with Gasteiger partial charge in [0, 0.05) is 11.3 Å². The van der Waals surface area contributed by atoms with E-state index in [9.17, 15) is 13.2 Å². The number of nitrogen functional groups attached to an aromatic ring is 1. The molecule has 4 rings (SSSR count). The van der Waals surface area contributed by atoms with Gasteiger partial charge in [-0.3, -0.25) is 4.79 Å². The normalized spacial score (nSPS) is 11.4. The van der Waals surface area contributed by atoms with Crippen molar-refractivity contribution in [1.82, 2.24) is 0 Å². The summed E-state index contributed by atoms with van der Waals surface area (Å²) in [7, 11) is -4.01. The van der Waals surface area contributed by atoms with Crippen molar-refractivity contribution >= 4 is 54.9 Å². The molecule has 0 saturated carbocycles. The van der Waals surface area contributed by atoms with Gasteiger partial charge in [-0.15, -0.1) is 11.3 Å². The summed E-state index contributed by atoms with van der Waals surface area (Å²) in [6.07, 6.45) is 0. The first-order valence-electron chi connectivity index (χ1n) is 10.1. The summed E-state index contributed by atoms with van der Waals surface area (Å²) in [5.74, 6) is -0.430. The number of nitrogens with one attached hydrogen (secondary N) is 1. The van der Waals surface area contributed by atoms with Crippen molar-refractivity contribution in [1.29, 1.82) is 0 Å². The molecule has 0 aliphatic rings. The number of benzene rings is 3. The van der Waals surface area contributed by atoms with Gasteiger partial charge in [-0.2, -0.15) is 0 Å². The van der Waals surface area contributed by atoms with Crippen LogP contribution in [0.3, 0.4) is 0 Å². The molecule has 0 atom stereocenters. The lowest BCUT2D eigenvalue weighted by molar-refractivity contribution is 0.104. The van der Waals surface area contributed by atoms with Gasteiger partial charge in [0.2, 0.25) is 15.6 Å². The number of halogens is 1. The summed E-state index contributed by atoms with van der Waals surface area (Å²) < 4.78 is 27.2. The maximum atomic E-state index is 13.6. The number of anilines is 3. The van der Waals surface area contributed by atoms with Crippen LogP contribution in [-0.2, 0) is 9.84 Å². The fourth-order valence-electron chi connectivity index (χ4n) is 3.38. The Bertz CT molecular complexity index is 1460. The number of carbonyl (C=O) groups excluding carboxylic acids is 1. The highest BCUT2D eigenvalue weighted by atomic mass is 35.5. The molecular weight excluding hydrogens is 476 g/mol. The van der Waals surface area contributed by atoms with E-state index in [1.807, 2.05) is 32.0 Å². The van der Waals surface area contributed by atoms with Crippen LogP contribution in [0.15, 0.2) is 82.6 Å². The second-order valence-corrected chi connectivity index (χ2v) is 10.9. The van der Waals surface area contributed by atoms with Crippen molar-refractivity contribution in [3.8, 4) is 0 Å². The first kappa shape index (κ1) is 23.0. The summed E-state index contributed by atoms with van der Waals surface area (Å²) >= 11 is 7.23. The van der Waals surface area contributed by atoms with Crippen molar-refractivity contribution in [3.05, 3.63) is 99.4 Å². The summed E-state index contributed by atoms with van der Waals surface area (Å²) in [6, 6.07) is 20.3. The highest BCUT2D eigenvalue weighted by Gasteiger charge is 2.32. The molecule has 0 saturated heterocycles. The Morgan fingerprint density at radius 1 is 0.939 bits per heavy atom. The molecule has 1 aromatic heterocycles. The van der Waals surface area contributed by atoms with Gasteiger partial charge in [0.1, 0.15) is 14.8 Å². The molecule has 0 aliphatic heterocycles. The van der Waals surface area contributed by atoms with Crippen molar-refractivity contribution in [2.24, 2.45) is 0 Å². The molecule has 33 heavy (non-hydrogen) atoms. The van der Waals surface area contributed by atoms with Gasteiger partial charge in [0.05, 0.1) is 15.6 Å². The lowest BCUT2D eigenvalue weighted by Crippen LogP contribution is -2.08. The van der Waals surface area contributed by atoms with Gasteiger partial charge in [-0.05, 0) is 61.4 Å². The van der Waals surface area contributed by atoms with E-state index < -0.39 is 15.6 Å². The van der Waals surface area contributed by atoms with Gasteiger partial charge in [0.25, 0.3) is 0 Å². The zero-order chi connectivity index (χ0) is 23.8. The molecule has 0 amide bonds. The molecule has 0 unspecified atom stereocenters. The zero-order valence-corrected chi connectivity index (χ0v) is 20.3. The Morgan fingerprint density at radius 2 is 1.61 bits per heavy atom. The first-order chi connectivity index (χ1) is 15.7. The third-order valence-corrected chi connectivity index (χ3v) is 8.74. The molecule has 5 nitrogen and oxygen atoms in total. The van der Waals surface area contributed by atoms with Crippen molar-refractivity contribution in [2.45, 2.75) is 23.6 Å². The predicted molar refractivity (Wildman–Crippen MR) is 135 cm³/mol. The zero-order valence-electron chi connectivity index (χ0n) is 17.9. The maximum Gasteiger partial charge on any atom is 0.211 e. The maximum absolute atomic E-state index is 13.6. The average Bonchev–Trinajstić information content (AvgIpc) is 3.13. The fraction of sp³-hybridized carbons (Fsp3) is 0.0800. The van der Waals surface area contributed by atoms with Crippen LogP contribution in [0.2, 0.25) is 5.02 Å². The highest BCUT2D eigenvalue weighted by Crippen LogP contribution is 2.44. The summed E-state index contributed by atoms with van der Waals surface area (Å²) in [6.45, 7) is 3.96. The minimum absolute atomic E-state index is 0.0920. The van der Waals surface area contributed by atoms with Gasteiger partial charge in [-0.25, -0.2) is 8.42 Å². The second kappa shape index (κ2) is 9.02. The molecular formula is C25H21ClN2O3S2. The van der Waals surface area contributed by atoms with E-state index in [-0.39, 0.29) is 35.9 Å². The molecule has 0 radical (unpaired) electrons. The van der Waals surface area contributed by atoms with Gasteiger partial charge in [-0.1, -0.05) is 48.0 Å². The molecule has 4 aromatic rings. The van der Waals surface area contributed by atoms with E-state index in [2.05, 4.69) is 5.32 Å². The van der Waals surface area contributed by atoms with E-state index in [0.29, 0.717) is 5.69 Å². The second-order valence-electron chi connectivity index (χ2n) is 7.55. The SMILES string of the molecule is Cc1ccc(Nc2sc(C(=O)c3ccccc3Cl)c(N)c2S(=O)(=O)c2ccccc2)cc1C. The largest absolute Gasteiger partial charge is 0.396 e. The minimum atomic E-state index is -4.01. The quantitative estimate of drug-likeness (QED) is 0.301. The molecule has 0 aliphatic carbocycles. The topological polar surface area (TPSA) is 89.3 Å². The van der Waals surface area contributed by atoms with Crippen LogP contribution >= 0.6 is 22.9 Å². The molecule has 8 heteroatoms. The average molecular weight is 497 g/mol. The number of ketones is 1. The molecule has 3 N–H and O–H groups in total. The van der Waals surface area contributed by atoms with E-state index in [1.54, 1.807) is 42.5 Å². The third-order valence-electron chi connectivity index (χ3n) is 5.31. The lowest BCUT2D eigenvalue weighted by atomic mass is 10.1. The van der Waals surface area contributed by atoms with Crippen LogP contribution in [0.5, 0.6) is 0 Å². The number of thiophene rings is 1. The van der Waals surface area contributed by atoms with Crippen LogP contribution in [-0.4, -0.2) is 14.2 Å². The number of sulfone groups is 1. The number of rotatable bonds is 6. The molecule has 0 fully saturated rings. The van der Waals surface area contributed by atoms with E-state index >= 15 is 0 Å². The number of nitrogens with two attached hydrogens (primary N) is 1.